The highest BCUT2D eigenvalue weighted by Crippen LogP contribution is 2.28. The molecule has 1 unspecified atom stereocenters. The summed E-state index contributed by atoms with van der Waals surface area (Å²) in [5.41, 5.74) is 0. The van der Waals surface area contributed by atoms with E-state index >= 15 is 0 Å². The number of hydrogen-bond donors (Lipinski definition) is 2. The minimum absolute atomic E-state index is 0.00646. The standard InChI is InChI=1S/C13H18O4/c14-8-10-4-3-5-12(11(10)9-15)17-13-6-1-2-7-16-13/h1-3,5-7,10-15H,4,8-9H2/t10-,11?,12+,13-/m0/s1. The molecule has 0 saturated carbocycles. The normalized spacial score (nSPS) is 35.9. The van der Waals surface area contributed by atoms with Crippen LogP contribution in [0.25, 0.3) is 0 Å². The molecule has 2 aliphatic rings. The van der Waals surface area contributed by atoms with Gasteiger partial charge in [0.1, 0.15) is 0 Å². The second-order valence-electron chi connectivity index (χ2n) is 4.27. The van der Waals surface area contributed by atoms with Crippen molar-refractivity contribution in [3.63, 3.8) is 0 Å². The van der Waals surface area contributed by atoms with E-state index in [0.717, 1.165) is 6.42 Å². The zero-order valence-corrected chi connectivity index (χ0v) is 9.61. The van der Waals surface area contributed by atoms with Crippen LogP contribution in [0.1, 0.15) is 6.42 Å². The van der Waals surface area contributed by atoms with Gasteiger partial charge in [-0.1, -0.05) is 18.2 Å². The van der Waals surface area contributed by atoms with Gasteiger partial charge in [-0.05, 0) is 24.5 Å². The molecule has 2 rings (SSSR count). The highest BCUT2D eigenvalue weighted by Gasteiger charge is 2.31. The molecule has 0 fully saturated rings. The summed E-state index contributed by atoms with van der Waals surface area (Å²) in [6.45, 7) is 0.0726. The first-order chi connectivity index (χ1) is 8.35. The molecule has 0 saturated heterocycles. The molecule has 0 aromatic rings. The first-order valence-electron chi connectivity index (χ1n) is 5.87. The van der Waals surface area contributed by atoms with Gasteiger partial charge in [0.05, 0.1) is 12.4 Å². The van der Waals surface area contributed by atoms with Gasteiger partial charge >= 0.3 is 0 Å². The van der Waals surface area contributed by atoms with Gasteiger partial charge in [-0.25, -0.2) is 0 Å². The predicted octanol–water partition coefficient (Wildman–Crippen LogP) is 0.975. The fourth-order valence-corrected chi connectivity index (χ4v) is 2.18. The van der Waals surface area contributed by atoms with Gasteiger partial charge in [-0.3, -0.25) is 0 Å². The first-order valence-corrected chi connectivity index (χ1v) is 5.87. The quantitative estimate of drug-likeness (QED) is 0.717. The molecular weight excluding hydrogens is 220 g/mol. The van der Waals surface area contributed by atoms with Crippen molar-refractivity contribution in [2.45, 2.75) is 18.8 Å². The summed E-state index contributed by atoms with van der Waals surface area (Å²) >= 11 is 0. The molecule has 0 aromatic heterocycles. The van der Waals surface area contributed by atoms with Crippen molar-refractivity contribution < 1.29 is 19.7 Å². The summed E-state index contributed by atoms with van der Waals surface area (Å²) in [5.74, 6) is -0.0222. The van der Waals surface area contributed by atoms with Crippen molar-refractivity contribution in [2.24, 2.45) is 11.8 Å². The summed E-state index contributed by atoms with van der Waals surface area (Å²) in [7, 11) is 0. The molecular formula is C13H18O4. The third-order valence-electron chi connectivity index (χ3n) is 3.20. The SMILES string of the molecule is OCC1[C@H](CO)CC=C[C@H]1O[C@H]1C=CC=CO1. The maximum atomic E-state index is 9.39. The second kappa shape index (κ2) is 6.00. The molecule has 0 aromatic carbocycles. The molecule has 0 radical (unpaired) electrons. The molecule has 4 nitrogen and oxygen atoms in total. The smallest absolute Gasteiger partial charge is 0.219 e. The molecule has 4 atom stereocenters. The van der Waals surface area contributed by atoms with Gasteiger partial charge in [0.2, 0.25) is 6.29 Å². The third kappa shape index (κ3) is 2.97. The summed E-state index contributed by atoms with van der Waals surface area (Å²) in [6, 6.07) is 0. The lowest BCUT2D eigenvalue weighted by atomic mass is 9.82. The van der Waals surface area contributed by atoms with Gasteiger partial charge in [0.15, 0.2) is 0 Å². The highest BCUT2D eigenvalue weighted by molar-refractivity contribution is 5.07. The molecule has 0 spiro atoms. The van der Waals surface area contributed by atoms with Crippen molar-refractivity contribution in [3.8, 4) is 0 Å². The largest absolute Gasteiger partial charge is 0.469 e. The highest BCUT2D eigenvalue weighted by atomic mass is 16.7. The van der Waals surface area contributed by atoms with E-state index in [1.165, 1.54) is 0 Å². The monoisotopic (exact) mass is 238 g/mol. The molecule has 2 N–H and O–H groups in total. The van der Waals surface area contributed by atoms with Crippen LogP contribution in [-0.2, 0) is 9.47 Å². The number of ether oxygens (including phenoxy) is 2. The Kier molecular flexibility index (Phi) is 4.36. The number of allylic oxidation sites excluding steroid dienone is 3. The molecule has 1 aliphatic carbocycles. The Hall–Kier alpha value is -1.10. The van der Waals surface area contributed by atoms with Crippen LogP contribution in [0.15, 0.2) is 36.6 Å². The van der Waals surface area contributed by atoms with Crippen molar-refractivity contribution >= 4 is 0 Å². The van der Waals surface area contributed by atoms with E-state index in [1.54, 1.807) is 12.3 Å². The Morgan fingerprint density at radius 3 is 2.71 bits per heavy atom. The predicted molar refractivity (Wildman–Crippen MR) is 62.9 cm³/mol. The van der Waals surface area contributed by atoms with Gasteiger partial charge in [-0.15, -0.1) is 0 Å². The average Bonchev–Trinajstić information content (AvgIpc) is 2.39. The van der Waals surface area contributed by atoms with Crippen LogP contribution in [0.3, 0.4) is 0 Å². The van der Waals surface area contributed by atoms with E-state index < -0.39 is 6.29 Å². The number of aliphatic hydroxyl groups excluding tert-OH is 2. The Morgan fingerprint density at radius 2 is 2.06 bits per heavy atom. The molecule has 1 aliphatic heterocycles. The fourth-order valence-electron chi connectivity index (χ4n) is 2.18. The molecule has 94 valence electrons. The van der Waals surface area contributed by atoms with E-state index in [4.69, 9.17) is 9.47 Å². The molecule has 1 heterocycles. The molecule has 0 amide bonds. The number of aliphatic hydroxyl groups is 2. The van der Waals surface area contributed by atoms with E-state index in [1.807, 2.05) is 24.3 Å². The third-order valence-corrected chi connectivity index (χ3v) is 3.20. The van der Waals surface area contributed by atoms with Crippen LogP contribution in [0.4, 0.5) is 0 Å². The van der Waals surface area contributed by atoms with Crippen LogP contribution in [0, 0.1) is 11.8 Å². The van der Waals surface area contributed by atoms with Crippen molar-refractivity contribution in [1.82, 2.24) is 0 Å². The summed E-state index contributed by atoms with van der Waals surface area (Å²) in [4.78, 5) is 0. The summed E-state index contributed by atoms with van der Waals surface area (Å²) < 4.78 is 11.0. The maximum Gasteiger partial charge on any atom is 0.219 e. The van der Waals surface area contributed by atoms with Gasteiger partial charge < -0.3 is 19.7 Å². The van der Waals surface area contributed by atoms with E-state index in [9.17, 15) is 10.2 Å². The lowest BCUT2D eigenvalue weighted by molar-refractivity contribution is -0.129. The van der Waals surface area contributed by atoms with Crippen LogP contribution >= 0.6 is 0 Å². The zero-order chi connectivity index (χ0) is 12.1. The van der Waals surface area contributed by atoms with Gasteiger partial charge in [-0.2, -0.15) is 0 Å². The lowest BCUT2D eigenvalue weighted by Gasteiger charge is -2.34. The average molecular weight is 238 g/mol. The van der Waals surface area contributed by atoms with Crippen LogP contribution < -0.4 is 0 Å². The maximum absolute atomic E-state index is 9.39. The van der Waals surface area contributed by atoms with Crippen LogP contribution in [0.5, 0.6) is 0 Å². The molecule has 0 bridgehead atoms. The fraction of sp³-hybridized carbons (Fsp3) is 0.538. The van der Waals surface area contributed by atoms with Crippen molar-refractivity contribution in [3.05, 3.63) is 36.6 Å². The van der Waals surface area contributed by atoms with Crippen LogP contribution in [-0.4, -0.2) is 35.8 Å². The zero-order valence-electron chi connectivity index (χ0n) is 9.61. The Morgan fingerprint density at radius 1 is 1.18 bits per heavy atom. The summed E-state index contributed by atoms with van der Waals surface area (Å²) in [6.07, 6.45) is 11.1. The van der Waals surface area contributed by atoms with E-state index in [0.29, 0.717) is 0 Å². The Balaban J connectivity index is 1.98. The minimum atomic E-state index is -0.416. The van der Waals surface area contributed by atoms with Crippen molar-refractivity contribution in [1.29, 1.82) is 0 Å². The van der Waals surface area contributed by atoms with E-state index in [-0.39, 0.29) is 31.2 Å². The van der Waals surface area contributed by atoms with E-state index in [2.05, 4.69) is 0 Å². The first kappa shape index (κ1) is 12.4. The molecule has 17 heavy (non-hydrogen) atoms. The lowest BCUT2D eigenvalue weighted by Crippen LogP contribution is -2.38. The topological polar surface area (TPSA) is 58.9 Å². The van der Waals surface area contributed by atoms with Gasteiger partial charge in [0.25, 0.3) is 0 Å². The number of hydrogen-bond acceptors (Lipinski definition) is 4. The Labute approximate surface area is 101 Å². The second-order valence-corrected chi connectivity index (χ2v) is 4.27. The molecule has 4 heteroatoms. The van der Waals surface area contributed by atoms with Crippen molar-refractivity contribution in [2.75, 3.05) is 13.2 Å². The number of rotatable bonds is 4. The minimum Gasteiger partial charge on any atom is -0.469 e. The Bertz CT molecular complexity index is 321. The van der Waals surface area contributed by atoms with Crippen LogP contribution in [0.2, 0.25) is 0 Å². The van der Waals surface area contributed by atoms with Gasteiger partial charge in [0, 0.05) is 19.1 Å². The summed E-state index contributed by atoms with van der Waals surface area (Å²) in [5, 5.41) is 18.7.